The van der Waals surface area contributed by atoms with Crippen LogP contribution >= 0.6 is 0 Å². The first kappa shape index (κ1) is 16.8. The molecular weight excluding hydrogens is 314 g/mol. The lowest BCUT2D eigenvalue weighted by molar-refractivity contribution is 0.0601. The maximum absolute atomic E-state index is 12.4. The Balaban J connectivity index is 2.12. The van der Waals surface area contributed by atoms with Gasteiger partial charge in [-0.3, -0.25) is 0 Å². The van der Waals surface area contributed by atoms with Crippen LogP contribution < -0.4 is 4.74 Å². The highest BCUT2D eigenvalue weighted by Gasteiger charge is 2.21. The van der Waals surface area contributed by atoms with Crippen LogP contribution in [0, 0.1) is 6.92 Å². The highest BCUT2D eigenvalue weighted by Crippen LogP contribution is 2.31. The van der Waals surface area contributed by atoms with Crippen LogP contribution in [0.5, 0.6) is 5.75 Å². The van der Waals surface area contributed by atoms with Gasteiger partial charge in [-0.1, -0.05) is 30.3 Å². The van der Waals surface area contributed by atoms with Gasteiger partial charge in [0.25, 0.3) is 0 Å². The van der Waals surface area contributed by atoms with E-state index in [1.165, 1.54) is 7.11 Å². The molecule has 1 heterocycles. The molecular formula is C21H21NO3. The van der Waals surface area contributed by atoms with E-state index in [1.54, 1.807) is 0 Å². The maximum atomic E-state index is 12.4. The third-order valence-electron chi connectivity index (χ3n) is 4.15. The summed E-state index contributed by atoms with van der Waals surface area (Å²) >= 11 is 0. The predicted molar refractivity (Wildman–Crippen MR) is 98.5 cm³/mol. The summed E-state index contributed by atoms with van der Waals surface area (Å²) in [4.78, 5) is 12.4. The van der Waals surface area contributed by atoms with Crippen LogP contribution in [0.1, 0.15) is 23.0 Å². The first-order chi connectivity index (χ1) is 12.2. The highest BCUT2D eigenvalue weighted by atomic mass is 16.5. The fourth-order valence-electron chi connectivity index (χ4n) is 2.94. The molecule has 4 nitrogen and oxygen atoms in total. The molecule has 0 aliphatic rings. The normalized spacial score (nSPS) is 10.5. The summed E-state index contributed by atoms with van der Waals surface area (Å²) in [6.07, 6.45) is 1.98. The molecule has 0 bridgehead atoms. The SMILES string of the molecule is CCOc1ccc(-n2cc(-c3ccccc3)c(C(=O)OC)c2C)cc1. The van der Waals surface area contributed by atoms with Gasteiger partial charge in [-0.15, -0.1) is 0 Å². The molecule has 2 aromatic carbocycles. The molecule has 0 aliphatic heterocycles. The number of nitrogens with zero attached hydrogens (tertiary/aromatic N) is 1. The van der Waals surface area contributed by atoms with Crippen molar-refractivity contribution >= 4 is 5.97 Å². The third kappa shape index (κ3) is 3.29. The van der Waals surface area contributed by atoms with Gasteiger partial charge < -0.3 is 14.0 Å². The second kappa shape index (κ2) is 7.26. The van der Waals surface area contributed by atoms with Crippen molar-refractivity contribution in [2.24, 2.45) is 0 Å². The van der Waals surface area contributed by atoms with Crippen LogP contribution in [0.3, 0.4) is 0 Å². The van der Waals surface area contributed by atoms with E-state index in [-0.39, 0.29) is 5.97 Å². The van der Waals surface area contributed by atoms with Crippen molar-refractivity contribution in [1.82, 2.24) is 4.57 Å². The average Bonchev–Trinajstić information content (AvgIpc) is 3.00. The van der Waals surface area contributed by atoms with Gasteiger partial charge in [0.2, 0.25) is 0 Å². The van der Waals surface area contributed by atoms with E-state index in [0.29, 0.717) is 12.2 Å². The molecule has 0 fully saturated rings. The maximum Gasteiger partial charge on any atom is 0.340 e. The molecule has 25 heavy (non-hydrogen) atoms. The third-order valence-corrected chi connectivity index (χ3v) is 4.15. The van der Waals surface area contributed by atoms with Gasteiger partial charge in [-0.2, -0.15) is 0 Å². The Morgan fingerprint density at radius 1 is 1.04 bits per heavy atom. The van der Waals surface area contributed by atoms with Crippen molar-refractivity contribution in [1.29, 1.82) is 0 Å². The minimum absolute atomic E-state index is 0.332. The van der Waals surface area contributed by atoms with Crippen LogP contribution in [0.2, 0.25) is 0 Å². The summed E-state index contributed by atoms with van der Waals surface area (Å²) in [6.45, 7) is 4.51. The zero-order chi connectivity index (χ0) is 17.8. The van der Waals surface area contributed by atoms with E-state index < -0.39 is 0 Å². The van der Waals surface area contributed by atoms with Crippen molar-refractivity contribution in [3.8, 4) is 22.6 Å². The number of methoxy groups -OCH3 is 1. The van der Waals surface area contributed by atoms with Gasteiger partial charge in [0.15, 0.2) is 0 Å². The Kier molecular flexibility index (Phi) is 4.89. The Labute approximate surface area is 147 Å². The summed E-state index contributed by atoms with van der Waals surface area (Å²) in [7, 11) is 1.41. The molecule has 0 spiro atoms. The number of carbonyl (C=O) groups excluding carboxylic acids is 1. The van der Waals surface area contributed by atoms with Crippen LogP contribution in [-0.4, -0.2) is 24.3 Å². The summed E-state index contributed by atoms with van der Waals surface area (Å²) in [5, 5.41) is 0. The Hall–Kier alpha value is -3.01. The van der Waals surface area contributed by atoms with Crippen molar-refractivity contribution in [2.45, 2.75) is 13.8 Å². The van der Waals surface area contributed by atoms with E-state index in [9.17, 15) is 4.79 Å². The van der Waals surface area contributed by atoms with E-state index in [0.717, 1.165) is 28.3 Å². The number of aromatic nitrogens is 1. The number of ether oxygens (including phenoxy) is 2. The van der Waals surface area contributed by atoms with Gasteiger partial charge >= 0.3 is 5.97 Å². The number of hydrogen-bond donors (Lipinski definition) is 0. The molecule has 0 saturated heterocycles. The number of benzene rings is 2. The summed E-state index contributed by atoms with van der Waals surface area (Å²) in [5.74, 6) is 0.494. The lowest BCUT2D eigenvalue weighted by Crippen LogP contribution is -2.05. The molecule has 0 unspecified atom stereocenters. The largest absolute Gasteiger partial charge is 0.494 e. The molecule has 0 radical (unpaired) electrons. The van der Waals surface area contributed by atoms with E-state index in [4.69, 9.17) is 9.47 Å². The topological polar surface area (TPSA) is 40.5 Å². The molecule has 4 heteroatoms. The summed E-state index contributed by atoms with van der Waals surface area (Å²) in [6, 6.07) is 17.7. The van der Waals surface area contributed by atoms with Gasteiger partial charge in [0.05, 0.1) is 19.3 Å². The van der Waals surface area contributed by atoms with Crippen molar-refractivity contribution in [3.05, 3.63) is 72.1 Å². The van der Waals surface area contributed by atoms with E-state index in [2.05, 4.69) is 0 Å². The number of esters is 1. The van der Waals surface area contributed by atoms with E-state index >= 15 is 0 Å². The first-order valence-corrected chi connectivity index (χ1v) is 8.24. The zero-order valence-corrected chi connectivity index (χ0v) is 14.7. The Morgan fingerprint density at radius 3 is 2.32 bits per heavy atom. The molecule has 0 atom stereocenters. The predicted octanol–water partition coefficient (Wildman–Crippen LogP) is 4.64. The van der Waals surface area contributed by atoms with Crippen LogP contribution in [0.4, 0.5) is 0 Å². The van der Waals surface area contributed by atoms with Crippen molar-refractivity contribution in [3.63, 3.8) is 0 Å². The fourth-order valence-corrected chi connectivity index (χ4v) is 2.94. The quantitative estimate of drug-likeness (QED) is 0.638. The smallest absolute Gasteiger partial charge is 0.340 e. The lowest BCUT2D eigenvalue weighted by atomic mass is 10.0. The molecule has 1 aromatic heterocycles. The first-order valence-electron chi connectivity index (χ1n) is 8.24. The number of hydrogen-bond acceptors (Lipinski definition) is 3. The molecule has 0 saturated carbocycles. The molecule has 0 N–H and O–H groups in total. The molecule has 0 amide bonds. The fraction of sp³-hybridized carbons (Fsp3) is 0.190. The monoisotopic (exact) mass is 335 g/mol. The molecule has 3 aromatic rings. The number of carbonyl (C=O) groups is 1. The average molecular weight is 335 g/mol. The van der Waals surface area contributed by atoms with Crippen LogP contribution in [0.25, 0.3) is 16.8 Å². The summed E-state index contributed by atoms with van der Waals surface area (Å²) < 4.78 is 12.5. The van der Waals surface area contributed by atoms with Crippen molar-refractivity contribution in [2.75, 3.05) is 13.7 Å². The molecule has 128 valence electrons. The number of rotatable bonds is 5. The second-order valence-electron chi connectivity index (χ2n) is 5.66. The van der Waals surface area contributed by atoms with Crippen molar-refractivity contribution < 1.29 is 14.3 Å². The minimum Gasteiger partial charge on any atom is -0.494 e. The molecule has 0 aliphatic carbocycles. The summed E-state index contributed by atoms with van der Waals surface area (Å²) in [5.41, 5.74) is 4.24. The van der Waals surface area contributed by atoms with Gasteiger partial charge in [0, 0.05) is 23.1 Å². The minimum atomic E-state index is -0.332. The Bertz CT molecular complexity index is 864. The second-order valence-corrected chi connectivity index (χ2v) is 5.66. The van der Waals surface area contributed by atoms with Gasteiger partial charge in [-0.05, 0) is 43.7 Å². The van der Waals surface area contributed by atoms with E-state index in [1.807, 2.05) is 79.2 Å². The van der Waals surface area contributed by atoms with Crippen LogP contribution in [0.15, 0.2) is 60.8 Å². The standard InChI is InChI=1S/C21H21NO3/c1-4-25-18-12-10-17(11-13-18)22-14-19(16-8-6-5-7-9-16)20(15(22)2)21(23)24-3/h5-14H,4H2,1-3H3. The van der Waals surface area contributed by atoms with Gasteiger partial charge in [-0.25, -0.2) is 4.79 Å². The molecule has 3 rings (SSSR count). The zero-order valence-electron chi connectivity index (χ0n) is 14.7. The highest BCUT2D eigenvalue weighted by molar-refractivity contribution is 5.99. The Morgan fingerprint density at radius 2 is 1.72 bits per heavy atom. The van der Waals surface area contributed by atoms with Crippen LogP contribution in [-0.2, 0) is 4.74 Å². The van der Waals surface area contributed by atoms with Gasteiger partial charge in [0.1, 0.15) is 5.75 Å². The lowest BCUT2D eigenvalue weighted by Gasteiger charge is -2.08.